The predicted molar refractivity (Wildman–Crippen MR) is 89.5 cm³/mol. The van der Waals surface area contributed by atoms with Gasteiger partial charge in [-0.05, 0) is 30.5 Å². The number of hydrogen-bond acceptors (Lipinski definition) is 4. The van der Waals surface area contributed by atoms with Crippen LogP contribution in [0.1, 0.15) is 18.4 Å². The van der Waals surface area contributed by atoms with Crippen LogP contribution in [0.15, 0.2) is 24.3 Å². The average Bonchev–Trinajstić information content (AvgIpc) is 2.63. The van der Waals surface area contributed by atoms with Crippen molar-refractivity contribution in [2.24, 2.45) is 5.92 Å². The summed E-state index contributed by atoms with van der Waals surface area (Å²) >= 11 is 0. The summed E-state index contributed by atoms with van der Waals surface area (Å²) in [5.74, 6) is 0.368. The van der Waals surface area contributed by atoms with Crippen LogP contribution in [0.3, 0.4) is 0 Å². The minimum atomic E-state index is 0.126. The maximum absolute atomic E-state index is 12.5. The monoisotopic (exact) mass is 318 g/mol. The van der Waals surface area contributed by atoms with Crippen LogP contribution in [0.4, 0.5) is 5.69 Å². The molecule has 5 heteroatoms. The number of anilines is 1. The summed E-state index contributed by atoms with van der Waals surface area (Å²) in [7, 11) is 1.90. The maximum atomic E-state index is 12.5. The molecule has 2 aliphatic rings. The molecule has 1 aromatic carbocycles. The van der Waals surface area contributed by atoms with Crippen molar-refractivity contribution < 1.29 is 14.3 Å². The van der Waals surface area contributed by atoms with Crippen molar-refractivity contribution in [3.05, 3.63) is 29.8 Å². The first-order valence-corrected chi connectivity index (χ1v) is 8.48. The van der Waals surface area contributed by atoms with Gasteiger partial charge in [-0.2, -0.15) is 0 Å². The highest BCUT2D eigenvalue weighted by Gasteiger charge is 2.24. The molecule has 0 aliphatic carbocycles. The maximum Gasteiger partial charge on any atom is 0.225 e. The summed E-state index contributed by atoms with van der Waals surface area (Å²) < 4.78 is 10.7. The van der Waals surface area contributed by atoms with Crippen molar-refractivity contribution in [1.82, 2.24) is 4.90 Å². The van der Waals surface area contributed by atoms with E-state index in [9.17, 15) is 4.79 Å². The van der Waals surface area contributed by atoms with Crippen LogP contribution in [0.25, 0.3) is 0 Å². The van der Waals surface area contributed by atoms with Crippen molar-refractivity contribution >= 4 is 11.6 Å². The fraction of sp³-hybridized carbons (Fsp3) is 0.611. The zero-order valence-corrected chi connectivity index (χ0v) is 13.9. The number of carbonyl (C=O) groups excluding carboxylic acids is 1. The van der Waals surface area contributed by atoms with Crippen molar-refractivity contribution in [3.63, 3.8) is 0 Å². The Morgan fingerprint density at radius 2 is 1.70 bits per heavy atom. The van der Waals surface area contributed by atoms with Gasteiger partial charge in [0.15, 0.2) is 0 Å². The second-order valence-corrected chi connectivity index (χ2v) is 6.35. The highest BCUT2D eigenvalue weighted by atomic mass is 16.5. The molecular weight excluding hydrogens is 292 g/mol. The molecule has 2 saturated heterocycles. The van der Waals surface area contributed by atoms with Crippen LogP contribution < -0.4 is 4.90 Å². The number of morpholine rings is 1. The summed E-state index contributed by atoms with van der Waals surface area (Å²) in [6.45, 7) is 5.56. The molecule has 2 heterocycles. The van der Waals surface area contributed by atoms with Crippen LogP contribution in [-0.4, -0.2) is 57.4 Å². The molecule has 0 N–H and O–H groups in total. The normalized spacial score (nSPS) is 19.6. The van der Waals surface area contributed by atoms with Gasteiger partial charge < -0.3 is 19.3 Å². The molecule has 23 heavy (non-hydrogen) atoms. The SMILES string of the molecule is CN(Cc1ccc(N2CCOCC2)cc1)C(=O)C1CCOCC1. The molecule has 0 bridgehead atoms. The van der Waals surface area contributed by atoms with Gasteiger partial charge in [0.2, 0.25) is 5.91 Å². The number of nitrogens with zero attached hydrogens (tertiary/aromatic N) is 2. The van der Waals surface area contributed by atoms with E-state index in [1.165, 1.54) is 11.3 Å². The molecule has 1 amide bonds. The van der Waals surface area contributed by atoms with Crippen LogP contribution in [0.2, 0.25) is 0 Å². The lowest BCUT2D eigenvalue weighted by atomic mass is 9.98. The highest BCUT2D eigenvalue weighted by Crippen LogP contribution is 2.20. The Kier molecular flexibility index (Phi) is 5.51. The quantitative estimate of drug-likeness (QED) is 0.850. The molecule has 1 aromatic rings. The van der Waals surface area contributed by atoms with E-state index >= 15 is 0 Å². The summed E-state index contributed by atoms with van der Waals surface area (Å²) in [6, 6.07) is 8.54. The molecule has 0 atom stereocenters. The lowest BCUT2D eigenvalue weighted by Gasteiger charge is -2.29. The minimum absolute atomic E-state index is 0.126. The van der Waals surface area contributed by atoms with Crippen molar-refractivity contribution in [3.8, 4) is 0 Å². The second-order valence-electron chi connectivity index (χ2n) is 6.35. The molecular formula is C18H26N2O3. The molecule has 0 spiro atoms. The number of benzene rings is 1. The van der Waals surface area contributed by atoms with Crippen molar-refractivity contribution in [2.45, 2.75) is 19.4 Å². The zero-order chi connectivity index (χ0) is 16.1. The second kappa shape index (κ2) is 7.79. The van der Waals surface area contributed by atoms with Gasteiger partial charge in [-0.15, -0.1) is 0 Å². The molecule has 126 valence electrons. The number of rotatable bonds is 4. The van der Waals surface area contributed by atoms with Gasteiger partial charge in [0, 0.05) is 51.5 Å². The number of carbonyl (C=O) groups is 1. The molecule has 0 radical (unpaired) electrons. The van der Waals surface area contributed by atoms with Gasteiger partial charge in [-0.1, -0.05) is 12.1 Å². The van der Waals surface area contributed by atoms with Crippen LogP contribution in [-0.2, 0) is 20.8 Å². The number of amides is 1. The largest absolute Gasteiger partial charge is 0.381 e. The first kappa shape index (κ1) is 16.3. The van der Waals surface area contributed by atoms with Gasteiger partial charge in [0.1, 0.15) is 0 Å². The van der Waals surface area contributed by atoms with E-state index in [0.717, 1.165) is 39.1 Å². The Balaban J connectivity index is 1.55. The van der Waals surface area contributed by atoms with Crippen LogP contribution in [0.5, 0.6) is 0 Å². The van der Waals surface area contributed by atoms with E-state index in [1.807, 2.05) is 11.9 Å². The van der Waals surface area contributed by atoms with E-state index in [1.54, 1.807) is 0 Å². The fourth-order valence-corrected chi connectivity index (χ4v) is 3.24. The van der Waals surface area contributed by atoms with Gasteiger partial charge in [-0.25, -0.2) is 0 Å². The van der Waals surface area contributed by atoms with Gasteiger partial charge in [0.25, 0.3) is 0 Å². The van der Waals surface area contributed by atoms with E-state index in [-0.39, 0.29) is 11.8 Å². The predicted octanol–water partition coefficient (Wildman–Crippen LogP) is 1.91. The topological polar surface area (TPSA) is 42.0 Å². The third-order valence-corrected chi connectivity index (χ3v) is 4.68. The standard InChI is InChI=1S/C18H26N2O3/c1-19(18(21)16-6-10-22-11-7-16)14-15-2-4-17(5-3-15)20-8-12-23-13-9-20/h2-5,16H,6-14H2,1H3. The fourth-order valence-electron chi connectivity index (χ4n) is 3.24. The number of hydrogen-bond donors (Lipinski definition) is 0. The smallest absolute Gasteiger partial charge is 0.225 e. The Morgan fingerprint density at radius 1 is 1.09 bits per heavy atom. The molecule has 0 aromatic heterocycles. The van der Waals surface area contributed by atoms with Crippen molar-refractivity contribution in [2.75, 3.05) is 51.5 Å². The molecule has 0 saturated carbocycles. The first-order valence-electron chi connectivity index (χ1n) is 8.48. The highest BCUT2D eigenvalue weighted by molar-refractivity contribution is 5.78. The van der Waals surface area contributed by atoms with E-state index in [2.05, 4.69) is 29.2 Å². The summed E-state index contributed by atoms with van der Waals surface area (Å²) in [4.78, 5) is 16.6. The number of ether oxygens (including phenoxy) is 2. The van der Waals surface area contributed by atoms with Crippen LogP contribution >= 0.6 is 0 Å². The summed E-state index contributed by atoms with van der Waals surface area (Å²) in [5, 5.41) is 0. The molecule has 0 unspecified atom stereocenters. The third-order valence-electron chi connectivity index (χ3n) is 4.68. The minimum Gasteiger partial charge on any atom is -0.381 e. The molecule has 3 rings (SSSR count). The Hall–Kier alpha value is -1.59. The summed E-state index contributed by atoms with van der Waals surface area (Å²) in [6.07, 6.45) is 1.69. The zero-order valence-electron chi connectivity index (χ0n) is 13.9. The van der Waals surface area contributed by atoms with E-state index < -0.39 is 0 Å². The van der Waals surface area contributed by atoms with E-state index in [0.29, 0.717) is 19.8 Å². The Labute approximate surface area is 138 Å². The van der Waals surface area contributed by atoms with E-state index in [4.69, 9.17) is 9.47 Å². The van der Waals surface area contributed by atoms with Gasteiger partial charge in [0.05, 0.1) is 13.2 Å². The van der Waals surface area contributed by atoms with Crippen LogP contribution in [0, 0.1) is 5.92 Å². The van der Waals surface area contributed by atoms with Gasteiger partial charge in [-0.3, -0.25) is 4.79 Å². The van der Waals surface area contributed by atoms with Gasteiger partial charge >= 0.3 is 0 Å². The first-order chi connectivity index (χ1) is 11.2. The third kappa shape index (κ3) is 4.24. The summed E-state index contributed by atoms with van der Waals surface area (Å²) in [5.41, 5.74) is 2.40. The van der Waals surface area contributed by atoms with Crippen molar-refractivity contribution in [1.29, 1.82) is 0 Å². The Bertz CT molecular complexity index is 506. The Morgan fingerprint density at radius 3 is 2.35 bits per heavy atom. The lowest BCUT2D eigenvalue weighted by molar-refractivity contribution is -0.137. The lowest BCUT2D eigenvalue weighted by Crippen LogP contribution is -2.36. The molecule has 2 aliphatic heterocycles. The molecule has 2 fully saturated rings. The molecule has 5 nitrogen and oxygen atoms in total. The average molecular weight is 318 g/mol.